The lowest BCUT2D eigenvalue weighted by Crippen LogP contribution is -2.26. The van der Waals surface area contributed by atoms with E-state index in [4.69, 9.17) is 14.2 Å². The predicted molar refractivity (Wildman–Crippen MR) is 70.8 cm³/mol. The van der Waals surface area contributed by atoms with E-state index in [-0.39, 0.29) is 18.8 Å². The lowest BCUT2D eigenvalue weighted by atomic mass is 10.2. The number of rotatable bonds is 7. The van der Waals surface area contributed by atoms with Gasteiger partial charge in [0.1, 0.15) is 24.1 Å². The van der Waals surface area contributed by atoms with Crippen molar-refractivity contribution in [1.82, 2.24) is 0 Å². The summed E-state index contributed by atoms with van der Waals surface area (Å²) < 4.78 is 17.0. The number of aliphatic hydroxyl groups is 1. The van der Waals surface area contributed by atoms with E-state index in [0.29, 0.717) is 6.61 Å². The van der Waals surface area contributed by atoms with E-state index in [9.17, 15) is 5.11 Å². The standard InChI is InChI=1S/C13H17BrO4/c1-13(9-18-13)8-16-6-11(15)7-17-12-4-2-10(14)3-5-12/h2-5,11,15H,6-9H2,1H3/t11-,13?/m0/s1. The molecule has 1 saturated heterocycles. The molecule has 0 spiro atoms. The van der Waals surface area contributed by atoms with Gasteiger partial charge in [-0.2, -0.15) is 0 Å². The van der Waals surface area contributed by atoms with Crippen molar-refractivity contribution >= 4 is 15.9 Å². The number of epoxide rings is 1. The van der Waals surface area contributed by atoms with Crippen LogP contribution >= 0.6 is 15.9 Å². The first-order valence-corrected chi connectivity index (χ1v) is 6.65. The highest BCUT2D eigenvalue weighted by molar-refractivity contribution is 9.10. The van der Waals surface area contributed by atoms with E-state index in [0.717, 1.165) is 16.8 Å². The van der Waals surface area contributed by atoms with Gasteiger partial charge in [-0.05, 0) is 31.2 Å². The molecule has 18 heavy (non-hydrogen) atoms. The van der Waals surface area contributed by atoms with Crippen LogP contribution in [0.1, 0.15) is 6.92 Å². The Hall–Kier alpha value is -0.620. The molecule has 0 saturated carbocycles. The van der Waals surface area contributed by atoms with Crippen molar-refractivity contribution in [3.63, 3.8) is 0 Å². The Morgan fingerprint density at radius 2 is 2.06 bits per heavy atom. The molecule has 1 unspecified atom stereocenters. The minimum absolute atomic E-state index is 0.133. The van der Waals surface area contributed by atoms with Gasteiger partial charge in [0.15, 0.2) is 0 Å². The molecule has 5 heteroatoms. The summed E-state index contributed by atoms with van der Waals surface area (Å²) in [7, 11) is 0. The van der Waals surface area contributed by atoms with Crippen LogP contribution in [-0.4, -0.2) is 43.2 Å². The fourth-order valence-electron chi connectivity index (χ4n) is 1.39. The number of ether oxygens (including phenoxy) is 3. The van der Waals surface area contributed by atoms with Crippen LogP contribution in [0.5, 0.6) is 5.75 Å². The number of aliphatic hydroxyl groups excluding tert-OH is 1. The molecule has 1 aromatic rings. The summed E-state index contributed by atoms with van der Waals surface area (Å²) in [4.78, 5) is 0. The van der Waals surface area contributed by atoms with Gasteiger partial charge in [0, 0.05) is 4.47 Å². The molecule has 0 aliphatic carbocycles. The third-order valence-electron chi connectivity index (χ3n) is 2.61. The molecular weight excluding hydrogens is 300 g/mol. The van der Waals surface area contributed by atoms with Gasteiger partial charge in [-0.1, -0.05) is 15.9 Å². The van der Waals surface area contributed by atoms with Gasteiger partial charge in [-0.15, -0.1) is 0 Å². The molecule has 4 nitrogen and oxygen atoms in total. The lowest BCUT2D eigenvalue weighted by molar-refractivity contribution is -0.00290. The highest BCUT2D eigenvalue weighted by atomic mass is 79.9. The Morgan fingerprint density at radius 3 is 2.67 bits per heavy atom. The molecule has 100 valence electrons. The zero-order valence-corrected chi connectivity index (χ0v) is 11.9. The first kappa shape index (κ1) is 13.8. The van der Waals surface area contributed by atoms with Crippen LogP contribution in [0.3, 0.4) is 0 Å². The van der Waals surface area contributed by atoms with Gasteiger partial charge in [0.25, 0.3) is 0 Å². The summed E-state index contributed by atoms with van der Waals surface area (Å²) in [5.41, 5.74) is -0.133. The smallest absolute Gasteiger partial charge is 0.119 e. The highest BCUT2D eigenvalue weighted by Gasteiger charge is 2.39. The Labute approximate surface area is 115 Å². The second-order valence-electron chi connectivity index (χ2n) is 4.67. The normalized spacial score (nSPS) is 23.7. The summed E-state index contributed by atoms with van der Waals surface area (Å²) in [6.07, 6.45) is -0.629. The number of hydrogen-bond acceptors (Lipinski definition) is 4. The van der Waals surface area contributed by atoms with Gasteiger partial charge in [-0.3, -0.25) is 0 Å². The molecule has 0 amide bonds. The summed E-state index contributed by atoms with van der Waals surface area (Å²) in [6, 6.07) is 7.47. The fraction of sp³-hybridized carbons (Fsp3) is 0.538. The van der Waals surface area contributed by atoms with Crippen LogP contribution in [0.25, 0.3) is 0 Å². The average molecular weight is 317 g/mol. The third kappa shape index (κ3) is 4.57. The molecule has 1 fully saturated rings. The average Bonchev–Trinajstić information content (AvgIpc) is 3.07. The molecule has 2 rings (SSSR count). The van der Waals surface area contributed by atoms with E-state index in [1.165, 1.54) is 0 Å². The fourth-order valence-corrected chi connectivity index (χ4v) is 1.65. The molecule has 0 aromatic heterocycles. The van der Waals surface area contributed by atoms with Gasteiger partial charge in [-0.25, -0.2) is 0 Å². The van der Waals surface area contributed by atoms with Crippen LogP contribution < -0.4 is 4.74 Å². The quantitative estimate of drug-likeness (QED) is 0.782. The molecule has 1 N–H and O–H groups in total. The maximum Gasteiger partial charge on any atom is 0.119 e. The molecule has 2 atom stereocenters. The summed E-state index contributed by atoms with van der Waals surface area (Å²) in [6.45, 7) is 3.72. The number of benzene rings is 1. The molecule has 1 heterocycles. The number of halogens is 1. The van der Waals surface area contributed by atoms with Crippen molar-refractivity contribution in [1.29, 1.82) is 0 Å². The van der Waals surface area contributed by atoms with Crippen LogP contribution in [0.2, 0.25) is 0 Å². The minimum Gasteiger partial charge on any atom is -0.491 e. The van der Waals surface area contributed by atoms with E-state index < -0.39 is 6.10 Å². The van der Waals surface area contributed by atoms with Crippen molar-refractivity contribution in [2.45, 2.75) is 18.6 Å². The maximum absolute atomic E-state index is 9.68. The maximum atomic E-state index is 9.68. The summed E-state index contributed by atoms with van der Waals surface area (Å²) in [5, 5.41) is 9.68. The van der Waals surface area contributed by atoms with Crippen molar-refractivity contribution in [2.24, 2.45) is 0 Å². The summed E-state index contributed by atoms with van der Waals surface area (Å²) in [5.74, 6) is 0.731. The van der Waals surface area contributed by atoms with E-state index >= 15 is 0 Å². The predicted octanol–water partition coefficient (Wildman–Crippen LogP) is 1.99. The van der Waals surface area contributed by atoms with Gasteiger partial charge in [0.2, 0.25) is 0 Å². The van der Waals surface area contributed by atoms with Crippen molar-refractivity contribution in [2.75, 3.05) is 26.4 Å². The summed E-state index contributed by atoms with van der Waals surface area (Å²) >= 11 is 3.35. The molecule has 1 aliphatic rings. The SMILES string of the molecule is CC1(COC[C@H](O)COc2ccc(Br)cc2)CO1. The van der Waals surface area contributed by atoms with Crippen molar-refractivity contribution in [3.05, 3.63) is 28.7 Å². The first-order valence-electron chi connectivity index (χ1n) is 5.86. The Kier molecular flexibility index (Phi) is 4.61. The second kappa shape index (κ2) is 6.02. The molecule has 0 radical (unpaired) electrons. The van der Waals surface area contributed by atoms with Gasteiger partial charge in [0.05, 0.1) is 19.8 Å². The highest BCUT2D eigenvalue weighted by Crippen LogP contribution is 2.25. The number of hydrogen-bond donors (Lipinski definition) is 1. The van der Waals surface area contributed by atoms with Gasteiger partial charge < -0.3 is 19.3 Å². The topological polar surface area (TPSA) is 51.2 Å². The van der Waals surface area contributed by atoms with Crippen molar-refractivity contribution < 1.29 is 19.3 Å². The van der Waals surface area contributed by atoms with Crippen LogP contribution in [0.15, 0.2) is 28.7 Å². The largest absolute Gasteiger partial charge is 0.491 e. The van der Waals surface area contributed by atoms with Gasteiger partial charge >= 0.3 is 0 Å². The van der Waals surface area contributed by atoms with E-state index in [1.807, 2.05) is 31.2 Å². The Balaban J connectivity index is 1.61. The van der Waals surface area contributed by atoms with Crippen LogP contribution in [0.4, 0.5) is 0 Å². The molecule has 1 aromatic carbocycles. The molecule has 1 aliphatic heterocycles. The van der Waals surface area contributed by atoms with Crippen LogP contribution in [0, 0.1) is 0 Å². The second-order valence-corrected chi connectivity index (χ2v) is 5.59. The van der Waals surface area contributed by atoms with E-state index in [1.54, 1.807) is 0 Å². The Morgan fingerprint density at radius 1 is 1.39 bits per heavy atom. The molecule has 0 bridgehead atoms. The lowest BCUT2D eigenvalue weighted by Gasteiger charge is -2.13. The Bertz CT molecular complexity index is 375. The third-order valence-corrected chi connectivity index (χ3v) is 3.14. The van der Waals surface area contributed by atoms with E-state index in [2.05, 4.69) is 15.9 Å². The first-order chi connectivity index (χ1) is 8.57. The molecular formula is C13H17BrO4. The minimum atomic E-state index is -0.629. The zero-order chi connectivity index (χ0) is 13.0. The monoisotopic (exact) mass is 316 g/mol. The van der Waals surface area contributed by atoms with Crippen LogP contribution in [-0.2, 0) is 9.47 Å². The zero-order valence-electron chi connectivity index (χ0n) is 10.3. The van der Waals surface area contributed by atoms with Crippen molar-refractivity contribution in [3.8, 4) is 5.75 Å².